The Morgan fingerprint density at radius 3 is 1.77 bits per heavy atom. The van der Waals surface area contributed by atoms with Gasteiger partial charge >= 0.3 is 0 Å². The molecule has 0 saturated carbocycles. The minimum atomic E-state index is -0.443. The maximum Gasteiger partial charge on any atom is 0.203 e. The highest BCUT2D eigenvalue weighted by Gasteiger charge is 2.18. The first-order valence-corrected chi connectivity index (χ1v) is 12.2. The molecule has 7 heteroatoms. The molecule has 0 heterocycles. The summed E-state index contributed by atoms with van der Waals surface area (Å²) in [5.74, 6) is 1.26. The number of phenols is 1. The molecule has 200 valence electrons. The summed E-state index contributed by atoms with van der Waals surface area (Å²) in [5.41, 5.74) is 2.65. The third kappa shape index (κ3) is 6.90. The van der Waals surface area contributed by atoms with E-state index in [4.69, 9.17) is 23.7 Å². The van der Waals surface area contributed by atoms with E-state index in [-0.39, 0.29) is 17.1 Å². The molecule has 0 fully saturated rings. The number of hydrogen-bond donors (Lipinski definition) is 1. The summed E-state index contributed by atoms with van der Waals surface area (Å²) >= 11 is 0. The lowest BCUT2D eigenvalue weighted by atomic mass is 10.1. The summed E-state index contributed by atoms with van der Waals surface area (Å²) in [6, 6.07) is 26.0. The van der Waals surface area contributed by atoms with Gasteiger partial charge in [-0.1, -0.05) is 66.7 Å². The van der Waals surface area contributed by atoms with E-state index in [0.29, 0.717) is 41.8 Å². The number of carbonyl (C=O) groups is 1. The molecule has 0 aliphatic heterocycles. The third-order valence-corrected chi connectivity index (χ3v) is 5.91. The number of aromatic hydroxyl groups is 1. The standard InChI is InChI=1S/C32H30O7/c1-35-25-18-27(34)31(28(19-25)36-2)26(33)15-14-24-16-29(38-20-22-10-6-4-7-11-22)32(37-3)30(17-24)39-21-23-12-8-5-9-13-23/h4-19,34H,20-21H2,1-3H3/b15-14+. The Balaban J connectivity index is 1.66. The van der Waals surface area contributed by atoms with Gasteiger partial charge in [0.1, 0.15) is 36.0 Å². The molecule has 0 bridgehead atoms. The van der Waals surface area contributed by atoms with Crippen LogP contribution >= 0.6 is 0 Å². The van der Waals surface area contributed by atoms with Crippen LogP contribution in [0.1, 0.15) is 27.0 Å². The van der Waals surface area contributed by atoms with Gasteiger partial charge in [-0.2, -0.15) is 0 Å². The van der Waals surface area contributed by atoms with Crippen molar-refractivity contribution in [3.63, 3.8) is 0 Å². The first-order valence-electron chi connectivity index (χ1n) is 12.2. The number of ketones is 1. The highest BCUT2D eigenvalue weighted by atomic mass is 16.5. The van der Waals surface area contributed by atoms with Crippen molar-refractivity contribution in [1.29, 1.82) is 0 Å². The van der Waals surface area contributed by atoms with E-state index < -0.39 is 5.78 Å². The van der Waals surface area contributed by atoms with Crippen LogP contribution in [0.2, 0.25) is 0 Å². The number of allylic oxidation sites excluding steroid dienone is 1. The van der Waals surface area contributed by atoms with E-state index in [1.807, 2.05) is 60.7 Å². The lowest BCUT2D eigenvalue weighted by Gasteiger charge is -2.17. The van der Waals surface area contributed by atoms with Crippen molar-refractivity contribution in [1.82, 2.24) is 0 Å². The first-order chi connectivity index (χ1) is 19.0. The number of phenolic OH excluding ortho intramolecular Hbond substituents is 1. The zero-order valence-electron chi connectivity index (χ0n) is 22.0. The second kappa shape index (κ2) is 13.1. The second-order valence-electron chi connectivity index (χ2n) is 8.52. The first kappa shape index (κ1) is 27.1. The Morgan fingerprint density at radius 1 is 0.718 bits per heavy atom. The van der Waals surface area contributed by atoms with Gasteiger partial charge in [0.15, 0.2) is 17.3 Å². The molecule has 0 spiro atoms. The van der Waals surface area contributed by atoms with Gasteiger partial charge in [-0.15, -0.1) is 0 Å². The summed E-state index contributed by atoms with van der Waals surface area (Å²) in [6.07, 6.45) is 2.98. The summed E-state index contributed by atoms with van der Waals surface area (Å²) in [7, 11) is 4.44. The van der Waals surface area contributed by atoms with Crippen molar-refractivity contribution in [3.05, 3.63) is 113 Å². The Kier molecular flexibility index (Phi) is 9.08. The summed E-state index contributed by atoms with van der Waals surface area (Å²) in [6.45, 7) is 0.636. The Morgan fingerprint density at radius 2 is 1.28 bits per heavy atom. The summed E-state index contributed by atoms with van der Waals surface area (Å²) < 4.78 is 28.4. The molecule has 1 N–H and O–H groups in total. The molecule has 0 saturated heterocycles. The Labute approximate surface area is 227 Å². The Bertz CT molecular complexity index is 1370. The van der Waals surface area contributed by atoms with Gasteiger partial charge in [0, 0.05) is 12.1 Å². The van der Waals surface area contributed by atoms with Crippen LogP contribution in [0.5, 0.6) is 34.5 Å². The predicted molar refractivity (Wildman–Crippen MR) is 149 cm³/mol. The van der Waals surface area contributed by atoms with Crippen LogP contribution < -0.4 is 23.7 Å². The van der Waals surface area contributed by atoms with Gasteiger partial charge in [0.05, 0.1) is 21.3 Å². The molecule has 0 aliphatic rings. The molecule has 4 aromatic carbocycles. The fraction of sp³-hybridized carbons (Fsp3) is 0.156. The van der Waals surface area contributed by atoms with Crippen molar-refractivity contribution in [2.24, 2.45) is 0 Å². The lowest BCUT2D eigenvalue weighted by Crippen LogP contribution is -2.02. The normalized spacial score (nSPS) is 10.7. The number of rotatable bonds is 12. The summed E-state index contributed by atoms with van der Waals surface area (Å²) in [4.78, 5) is 13.1. The largest absolute Gasteiger partial charge is 0.507 e. The van der Waals surface area contributed by atoms with Gasteiger partial charge in [0.2, 0.25) is 5.75 Å². The fourth-order valence-corrected chi connectivity index (χ4v) is 3.94. The summed E-state index contributed by atoms with van der Waals surface area (Å²) in [5, 5.41) is 10.4. The monoisotopic (exact) mass is 526 g/mol. The minimum absolute atomic E-state index is 0.0316. The molecular formula is C32H30O7. The van der Waals surface area contributed by atoms with E-state index in [2.05, 4.69) is 0 Å². The number of hydrogen-bond acceptors (Lipinski definition) is 7. The number of carbonyl (C=O) groups excluding carboxylic acids is 1. The quantitative estimate of drug-likeness (QED) is 0.167. The molecule has 0 aromatic heterocycles. The van der Waals surface area contributed by atoms with Crippen molar-refractivity contribution >= 4 is 11.9 Å². The molecule has 0 unspecified atom stereocenters. The van der Waals surface area contributed by atoms with Crippen LogP contribution in [0, 0.1) is 0 Å². The molecule has 0 atom stereocenters. The van der Waals surface area contributed by atoms with Crippen LogP contribution in [0.4, 0.5) is 0 Å². The van der Waals surface area contributed by atoms with E-state index in [1.54, 1.807) is 31.4 Å². The Hall–Kier alpha value is -4.91. The number of ether oxygens (including phenoxy) is 5. The van der Waals surface area contributed by atoms with Crippen LogP contribution in [0.25, 0.3) is 6.08 Å². The van der Waals surface area contributed by atoms with E-state index >= 15 is 0 Å². The van der Waals surface area contributed by atoms with Gasteiger partial charge in [-0.25, -0.2) is 0 Å². The topological polar surface area (TPSA) is 83.5 Å². The number of benzene rings is 4. The van der Waals surface area contributed by atoms with Crippen molar-refractivity contribution in [3.8, 4) is 34.5 Å². The van der Waals surface area contributed by atoms with Crippen LogP contribution in [0.3, 0.4) is 0 Å². The average Bonchev–Trinajstić information content (AvgIpc) is 2.98. The molecule has 4 rings (SSSR count). The number of methoxy groups -OCH3 is 3. The van der Waals surface area contributed by atoms with Crippen molar-refractivity contribution in [2.45, 2.75) is 13.2 Å². The van der Waals surface area contributed by atoms with E-state index in [1.165, 1.54) is 26.4 Å². The smallest absolute Gasteiger partial charge is 0.203 e. The van der Waals surface area contributed by atoms with Crippen LogP contribution in [-0.2, 0) is 13.2 Å². The minimum Gasteiger partial charge on any atom is -0.507 e. The highest BCUT2D eigenvalue weighted by molar-refractivity contribution is 6.10. The van der Waals surface area contributed by atoms with Gasteiger partial charge in [0.25, 0.3) is 0 Å². The fourth-order valence-electron chi connectivity index (χ4n) is 3.94. The molecule has 0 radical (unpaired) electrons. The average molecular weight is 527 g/mol. The van der Waals surface area contributed by atoms with E-state index in [9.17, 15) is 9.90 Å². The van der Waals surface area contributed by atoms with Gasteiger partial charge < -0.3 is 28.8 Å². The molecule has 0 aliphatic carbocycles. The maximum atomic E-state index is 13.1. The zero-order chi connectivity index (χ0) is 27.6. The van der Waals surface area contributed by atoms with Crippen LogP contribution in [-0.4, -0.2) is 32.2 Å². The zero-order valence-corrected chi connectivity index (χ0v) is 22.0. The molecule has 39 heavy (non-hydrogen) atoms. The SMILES string of the molecule is COc1cc(O)c(C(=O)/C=C/c2cc(OCc3ccccc3)c(OC)c(OCc3ccccc3)c2)c(OC)c1. The predicted octanol–water partition coefficient (Wildman–Crippen LogP) is 6.47. The molecule has 0 amide bonds. The maximum absolute atomic E-state index is 13.1. The second-order valence-corrected chi connectivity index (χ2v) is 8.52. The van der Waals surface area contributed by atoms with Crippen molar-refractivity contribution in [2.75, 3.05) is 21.3 Å². The van der Waals surface area contributed by atoms with Gasteiger partial charge in [-0.3, -0.25) is 4.79 Å². The van der Waals surface area contributed by atoms with E-state index in [0.717, 1.165) is 11.1 Å². The third-order valence-electron chi connectivity index (χ3n) is 5.91. The molecule has 7 nitrogen and oxygen atoms in total. The molecule has 4 aromatic rings. The lowest BCUT2D eigenvalue weighted by molar-refractivity contribution is 0.104. The van der Waals surface area contributed by atoms with Crippen LogP contribution in [0.15, 0.2) is 91.0 Å². The highest BCUT2D eigenvalue weighted by Crippen LogP contribution is 2.40. The van der Waals surface area contributed by atoms with Crippen molar-refractivity contribution < 1.29 is 33.6 Å². The van der Waals surface area contributed by atoms with Gasteiger partial charge in [-0.05, 0) is 34.9 Å². The molecular weight excluding hydrogens is 496 g/mol.